The van der Waals surface area contributed by atoms with Crippen LogP contribution >= 0.6 is 11.3 Å². The van der Waals surface area contributed by atoms with Crippen molar-refractivity contribution in [2.75, 3.05) is 0 Å². The van der Waals surface area contributed by atoms with Crippen molar-refractivity contribution in [2.24, 2.45) is 0 Å². The lowest BCUT2D eigenvalue weighted by atomic mass is 10.1. The molecule has 68 valence electrons. The summed E-state index contributed by atoms with van der Waals surface area (Å²) < 4.78 is 0.810. The number of nitrogens with zero attached hydrogens (tertiary/aromatic N) is 1. The van der Waals surface area contributed by atoms with E-state index in [1.807, 2.05) is 6.07 Å². The molecule has 0 amide bonds. The third kappa shape index (κ3) is 1.15. The van der Waals surface area contributed by atoms with Gasteiger partial charge in [-0.1, -0.05) is 17.4 Å². The monoisotopic (exact) mass is 203 g/mol. The van der Waals surface area contributed by atoms with Gasteiger partial charge in [0.15, 0.2) is 5.06 Å². The summed E-state index contributed by atoms with van der Waals surface area (Å²) in [6.45, 7) is 0. The Morgan fingerprint density at radius 2 is 2.29 bits per heavy atom. The maximum atomic E-state index is 10.5. The summed E-state index contributed by atoms with van der Waals surface area (Å²) in [5, 5.41) is 18.8. The van der Waals surface area contributed by atoms with E-state index in [2.05, 4.69) is 0 Å². The van der Waals surface area contributed by atoms with Crippen LogP contribution in [-0.4, -0.2) is 11.4 Å². The van der Waals surface area contributed by atoms with Gasteiger partial charge >= 0.3 is 0 Å². The highest BCUT2D eigenvalue weighted by Gasteiger charge is 2.10. The number of aromatic hydroxyl groups is 1. The standard InChI is InChI=1S/C10H5NO2S/c11-4-8-7-3-6(5-12)1-2-9(7)14-10(8)13/h1-3,5,13H. The van der Waals surface area contributed by atoms with Crippen LogP contribution in [0, 0.1) is 11.3 Å². The molecule has 1 aromatic heterocycles. The predicted octanol–water partition coefficient (Wildman–Crippen LogP) is 2.29. The van der Waals surface area contributed by atoms with E-state index in [0.717, 1.165) is 22.3 Å². The van der Waals surface area contributed by atoms with Gasteiger partial charge in [0.25, 0.3) is 0 Å². The van der Waals surface area contributed by atoms with Gasteiger partial charge in [0, 0.05) is 15.6 Å². The third-order valence-corrected chi connectivity index (χ3v) is 2.91. The number of fused-ring (bicyclic) bond motifs is 1. The molecule has 0 bridgehead atoms. The van der Waals surface area contributed by atoms with E-state index in [9.17, 15) is 9.90 Å². The van der Waals surface area contributed by atoms with Crippen molar-refractivity contribution in [3.63, 3.8) is 0 Å². The van der Waals surface area contributed by atoms with E-state index in [1.165, 1.54) is 0 Å². The van der Waals surface area contributed by atoms with E-state index < -0.39 is 0 Å². The maximum Gasteiger partial charge on any atom is 0.190 e. The molecule has 0 aliphatic rings. The SMILES string of the molecule is N#Cc1c(O)sc2ccc(C=O)cc12. The maximum absolute atomic E-state index is 10.5. The lowest BCUT2D eigenvalue weighted by molar-refractivity contribution is 0.112. The Labute approximate surface area is 83.8 Å². The molecule has 0 aliphatic carbocycles. The second kappa shape index (κ2) is 3.13. The second-order valence-corrected chi connectivity index (χ2v) is 3.80. The molecule has 4 heteroatoms. The highest BCUT2D eigenvalue weighted by atomic mass is 32.1. The molecule has 0 fully saturated rings. The summed E-state index contributed by atoms with van der Waals surface area (Å²) >= 11 is 1.14. The Balaban J connectivity index is 2.85. The Bertz CT molecular complexity index is 551. The average Bonchev–Trinajstić information content (AvgIpc) is 2.52. The van der Waals surface area contributed by atoms with Crippen LogP contribution in [0.25, 0.3) is 10.1 Å². The molecule has 0 spiro atoms. The minimum atomic E-state index is 0.00514. The largest absolute Gasteiger partial charge is 0.499 e. The molecule has 2 aromatic rings. The second-order valence-electron chi connectivity index (χ2n) is 2.77. The van der Waals surface area contributed by atoms with Gasteiger partial charge in [0.05, 0.1) is 0 Å². The van der Waals surface area contributed by atoms with Crippen molar-refractivity contribution in [3.05, 3.63) is 29.3 Å². The van der Waals surface area contributed by atoms with Gasteiger partial charge in [-0.3, -0.25) is 4.79 Å². The topological polar surface area (TPSA) is 61.1 Å². The van der Waals surface area contributed by atoms with E-state index in [4.69, 9.17) is 5.26 Å². The van der Waals surface area contributed by atoms with E-state index in [1.54, 1.807) is 18.2 Å². The molecule has 14 heavy (non-hydrogen) atoms. The fourth-order valence-electron chi connectivity index (χ4n) is 1.28. The summed E-state index contributed by atoms with van der Waals surface area (Å²) in [7, 11) is 0. The first-order chi connectivity index (χ1) is 6.76. The van der Waals surface area contributed by atoms with Crippen LogP contribution in [0.2, 0.25) is 0 Å². The summed E-state index contributed by atoms with van der Waals surface area (Å²) in [5.41, 5.74) is 0.750. The molecule has 3 nitrogen and oxygen atoms in total. The van der Waals surface area contributed by atoms with Crippen molar-refractivity contribution in [2.45, 2.75) is 0 Å². The molecular weight excluding hydrogens is 198 g/mol. The van der Waals surface area contributed by atoms with Crippen LogP contribution in [0.3, 0.4) is 0 Å². The van der Waals surface area contributed by atoms with E-state index in [-0.39, 0.29) is 10.6 Å². The molecule has 2 rings (SSSR count). The van der Waals surface area contributed by atoms with Gasteiger partial charge in [0.1, 0.15) is 17.9 Å². The highest BCUT2D eigenvalue weighted by molar-refractivity contribution is 7.21. The Morgan fingerprint density at radius 3 is 2.93 bits per heavy atom. The van der Waals surface area contributed by atoms with Crippen LogP contribution < -0.4 is 0 Å². The number of rotatable bonds is 1. The average molecular weight is 203 g/mol. The molecule has 0 aliphatic heterocycles. The minimum Gasteiger partial charge on any atom is -0.499 e. The Kier molecular flexibility index (Phi) is 1.95. The number of aldehydes is 1. The summed E-state index contributed by atoms with van der Waals surface area (Å²) in [6, 6.07) is 6.91. The lowest BCUT2D eigenvalue weighted by Crippen LogP contribution is -1.78. The number of thiophene rings is 1. The van der Waals surface area contributed by atoms with Gasteiger partial charge < -0.3 is 5.11 Å². The van der Waals surface area contributed by atoms with Crippen molar-refractivity contribution in [3.8, 4) is 11.1 Å². The number of hydrogen-bond donors (Lipinski definition) is 1. The fourth-order valence-corrected chi connectivity index (χ4v) is 2.16. The van der Waals surface area contributed by atoms with Gasteiger partial charge in [0.2, 0.25) is 0 Å². The minimum absolute atomic E-state index is 0.00514. The fraction of sp³-hybridized carbons (Fsp3) is 0. The van der Waals surface area contributed by atoms with E-state index in [0.29, 0.717) is 10.9 Å². The van der Waals surface area contributed by atoms with Gasteiger partial charge in [-0.05, 0) is 12.1 Å². The molecule has 0 radical (unpaired) electrons. The normalized spacial score (nSPS) is 9.93. The third-order valence-electron chi connectivity index (χ3n) is 1.94. The zero-order chi connectivity index (χ0) is 10.1. The first kappa shape index (κ1) is 8.73. The van der Waals surface area contributed by atoms with Crippen molar-refractivity contribution < 1.29 is 9.90 Å². The number of hydrogen-bond acceptors (Lipinski definition) is 4. The summed E-state index contributed by atoms with van der Waals surface area (Å²) in [5.74, 6) is 0. The molecule has 0 atom stereocenters. The number of carbonyl (C=O) groups is 1. The lowest BCUT2D eigenvalue weighted by Gasteiger charge is -1.90. The highest BCUT2D eigenvalue weighted by Crippen LogP contribution is 2.36. The van der Waals surface area contributed by atoms with E-state index >= 15 is 0 Å². The number of nitriles is 1. The Morgan fingerprint density at radius 1 is 1.50 bits per heavy atom. The molecule has 0 saturated heterocycles. The van der Waals surface area contributed by atoms with Crippen LogP contribution in [0.15, 0.2) is 18.2 Å². The molecule has 1 N–H and O–H groups in total. The Hall–Kier alpha value is -1.86. The zero-order valence-corrected chi connectivity index (χ0v) is 7.84. The van der Waals surface area contributed by atoms with Crippen LogP contribution in [0.1, 0.15) is 15.9 Å². The van der Waals surface area contributed by atoms with Crippen LogP contribution in [-0.2, 0) is 0 Å². The van der Waals surface area contributed by atoms with Crippen molar-refractivity contribution in [1.29, 1.82) is 5.26 Å². The van der Waals surface area contributed by atoms with Crippen LogP contribution in [0.4, 0.5) is 0 Å². The first-order valence-corrected chi connectivity index (χ1v) is 4.68. The number of benzene rings is 1. The smallest absolute Gasteiger partial charge is 0.190 e. The molecule has 1 aromatic carbocycles. The molecule has 1 heterocycles. The zero-order valence-electron chi connectivity index (χ0n) is 7.02. The van der Waals surface area contributed by atoms with Gasteiger partial charge in [-0.25, -0.2) is 0 Å². The molecule has 0 saturated carbocycles. The summed E-state index contributed by atoms with van der Waals surface area (Å²) in [6.07, 6.45) is 0.718. The van der Waals surface area contributed by atoms with Crippen molar-refractivity contribution in [1.82, 2.24) is 0 Å². The molecule has 0 unspecified atom stereocenters. The van der Waals surface area contributed by atoms with Gasteiger partial charge in [-0.2, -0.15) is 5.26 Å². The van der Waals surface area contributed by atoms with Crippen LogP contribution in [0.5, 0.6) is 5.06 Å². The van der Waals surface area contributed by atoms with Crippen molar-refractivity contribution >= 4 is 27.7 Å². The quantitative estimate of drug-likeness (QED) is 0.723. The summed E-state index contributed by atoms with van der Waals surface area (Å²) in [4.78, 5) is 10.5. The van der Waals surface area contributed by atoms with Gasteiger partial charge in [-0.15, -0.1) is 0 Å². The number of carbonyl (C=O) groups excluding carboxylic acids is 1. The first-order valence-electron chi connectivity index (χ1n) is 3.87. The molecular formula is C10H5NO2S. The predicted molar refractivity (Wildman–Crippen MR) is 53.6 cm³/mol.